The highest BCUT2D eigenvalue weighted by atomic mass is 16.5. The summed E-state index contributed by atoms with van der Waals surface area (Å²) in [6, 6.07) is 2.53. The molecule has 3 nitrogen and oxygen atoms in total. The lowest BCUT2D eigenvalue weighted by Crippen LogP contribution is -2.26. The van der Waals surface area contributed by atoms with E-state index in [1.54, 1.807) is 7.11 Å². The lowest BCUT2D eigenvalue weighted by Gasteiger charge is -2.25. The second kappa shape index (κ2) is 4.31. The molecule has 0 aliphatic heterocycles. The molecular weight excluding hydrogens is 176 g/mol. The predicted octanol–water partition coefficient (Wildman–Crippen LogP) is 2.24. The summed E-state index contributed by atoms with van der Waals surface area (Å²) in [4.78, 5) is 6.39. The first-order valence-electron chi connectivity index (χ1n) is 4.79. The number of pyridine rings is 1. The molecule has 1 heterocycles. The zero-order valence-corrected chi connectivity index (χ0v) is 9.53. The van der Waals surface area contributed by atoms with Gasteiger partial charge in [0.25, 0.3) is 0 Å². The molecule has 0 saturated heterocycles. The molecule has 3 heteroatoms. The zero-order valence-electron chi connectivity index (χ0n) is 9.53. The van der Waals surface area contributed by atoms with Crippen LogP contribution in [0.3, 0.4) is 0 Å². The molecule has 0 atom stereocenters. The lowest BCUT2D eigenvalue weighted by atomic mass is 10.2. The smallest absolute Gasteiger partial charge is 0.237 e. The van der Waals surface area contributed by atoms with E-state index in [2.05, 4.69) is 29.8 Å². The van der Waals surface area contributed by atoms with Crippen LogP contribution in [0.4, 0.5) is 5.69 Å². The van der Waals surface area contributed by atoms with Gasteiger partial charge >= 0.3 is 0 Å². The molecule has 0 aromatic carbocycles. The van der Waals surface area contributed by atoms with Crippen LogP contribution in [-0.2, 0) is 0 Å². The Bertz CT molecular complexity index is 310. The average Bonchev–Trinajstić information content (AvgIpc) is 2.16. The monoisotopic (exact) mass is 194 g/mol. The highest BCUT2D eigenvalue weighted by Crippen LogP contribution is 2.26. The van der Waals surface area contributed by atoms with Gasteiger partial charge in [-0.1, -0.05) is 0 Å². The van der Waals surface area contributed by atoms with E-state index in [0.717, 1.165) is 11.3 Å². The van der Waals surface area contributed by atoms with Crippen molar-refractivity contribution in [2.24, 2.45) is 0 Å². The van der Waals surface area contributed by atoms with E-state index in [4.69, 9.17) is 4.74 Å². The van der Waals surface area contributed by atoms with Crippen molar-refractivity contribution in [3.05, 3.63) is 17.8 Å². The first-order chi connectivity index (χ1) is 6.56. The maximum Gasteiger partial charge on any atom is 0.237 e. The Morgan fingerprint density at radius 3 is 2.57 bits per heavy atom. The summed E-state index contributed by atoms with van der Waals surface area (Å²) in [6.07, 6.45) is 1.82. The number of aryl methyl sites for hydroxylation is 1. The van der Waals surface area contributed by atoms with Gasteiger partial charge in [0.05, 0.1) is 7.11 Å². The molecule has 0 radical (unpaired) electrons. The maximum absolute atomic E-state index is 5.22. The van der Waals surface area contributed by atoms with Gasteiger partial charge in [-0.15, -0.1) is 0 Å². The molecule has 0 bridgehead atoms. The molecule has 0 N–H and O–H groups in total. The van der Waals surface area contributed by atoms with Crippen LogP contribution in [-0.4, -0.2) is 25.2 Å². The summed E-state index contributed by atoms with van der Waals surface area (Å²) < 4.78 is 5.22. The van der Waals surface area contributed by atoms with Crippen LogP contribution >= 0.6 is 0 Å². The highest BCUT2D eigenvalue weighted by molar-refractivity contribution is 5.56. The zero-order chi connectivity index (χ0) is 10.7. The van der Waals surface area contributed by atoms with Crippen LogP contribution in [0, 0.1) is 6.92 Å². The van der Waals surface area contributed by atoms with Gasteiger partial charge in [-0.25, -0.2) is 4.98 Å². The van der Waals surface area contributed by atoms with Crippen LogP contribution in [0.1, 0.15) is 19.4 Å². The fourth-order valence-corrected chi connectivity index (χ4v) is 1.23. The van der Waals surface area contributed by atoms with Gasteiger partial charge in [-0.2, -0.15) is 0 Å². The minimum atomic E-state index is 0.437. The number of anilines is 1. The van der Waals surface area contributed by atoms with Crippen LogP contribution in [0.25, 0.3) is 0 Å². The van der Waals surface area contributed by atoms with E-state index in [-0.39, 0.29) is 0 Å². The summed E-state index contributed by atoms with van der Waals surface area (Å²) in [5.74, 6) is 0.687. The fourth-order valence-electron chi connectivity index (χ4n) is 1.23. The summed E-state index contributed by atoms with van der Waals surface area (Å²) in [5.41, 5.74) is 2.19. The van der Waals surface area contributed by atoms with Crippen molar-refractivity contribution in [3.8, 4) is 5.88 Å². The number of aromatic nitrogens is 1. The van der Waals surface area contributed by atoms with Crippen LogP contribution in [0.5, 0.6) is 5.88 Å². The second-order valence-corrected chi connectivity index (χ2v) is 3.75. The second-order valence-electron chi connectivity index (χ2n) is 3.75. The maximum atomic E-state index is 5.22. The van der Waals surface area contributed by atoms with E-state index >= 15 is 0 Å². The molecule has 0 amide bonds. The minimum absolute atomic E-state index is 0.437. The van der Waals surface area contributed by atoms with Crippen molar-refractivity contribution < 1.29 is 4.74 Å². The largest absolute Gasteiger partial charge is 0.480 e. The fraction of sp³-hybridized carbons (Fsp3) is 0.545. The minimum Gasteiger partial charge on any atom is -0.480 e. The summed E-state index contributed by atoms with van der Waals surface area (Å²) in [6.45, 7) is 6.31. The molecule has 1 aromatic rings. The number of nitrogens with zero attached hydrogens (tertiary/aromatic N) is 2. The van der Waals surface area contributed by atoms with Crippen LogP contribution in [0.15, 0.2) is 12.3 Å². The third kappa shape index (κ3) is 2.16. The van der Waals surface area contributed by atoms with Crippen LogP contribution in [0.2, 0.25) is 0 Å². The van der Waals surface area contributed by atoms with Gasteiger partial charge in [0.15, 0.2) is 0 Å². The molecule has 78 valence electrons. The number of hydrogen-bond donors (Lipinski definition) is 0. The van der Waals surface area contributed by atoms with Gasteiger partial charge in [0.2, 0.25) is 5.88 Å². The number of rotatable bonds is 3. The quantitative estimate of drug-likeness (QED) is 0.738. The topological polar surface area (TPSA) is 25.4 Å². The Labute approximate surface area is 85.7 Å². The van der Waals surface area contributed by atoms with Crippen molar-refractivity contribution in [1.82, 2.24) is 4.98 Å². The lowest BCUT2D eigenvalue weighted by molar-refractivity contribution is 0.397. The van der Waals surface area contributed by atoms with E-state index in [1.165, 1.54) is 0 Å². The molecule has 1 rings (SSSR count). The Balaban J connectivity index is 3.10. The molecular formula is C11H18N2O. The van der Waals surface area contributed by atoms with Gasteiger partial charge in [-0.3, -0.25) is 0 Å². The van der Waals surface area contributed by atoms with Crippen molar-refractivity contribution in [2.75, 3.05) is 19.1 Å². The summed E-state index contributed by atoms with van der Waals surface area (Å²) >= 11 is 0. The SMILES string of the molecule is COc1ncc(C)cc1N(C)C(C)C. The molecule has 0 aliphatic carbocycles. The normalized spacial score (nSPS) is 10.4. The molecule has 0 unspecified atom stereocenters. The molecule has 0 aliphatic rings. The van der Waals surface area contributed by atoms with Crippen molar-refractivity contribution in [3.63, 3.8) is 0 Å². The van der Waals surface area contributed by atoms with Gasteiger partial charge in [0.1, 0.15) is 5.69 Å². The summed E-state index contributed by atoms with van der Waals surface area (Å²) in [5, 5.41) is 0. The Morgan fingerprint density at radius 2 is 2.07 bits per heavy atom. The Hall–Kier alpha value is -1.25. The molecule has 14 heavy (non-hydrogen) atoms. The van der Waals surface area contributed by atoms with Crippen molar-refractivity contribution in [2.45, 2.75) is 26.8 Å². The number of hydrogen-bond acceptors (Lipinski definition) is 3. The third-order valence-electron chi connectivity index (χ3n) is 2.32. The summed E-state index contributed by atoms with van der Waals surface area (Å²) in [7, 11) is 3.69. The predicted molar refractivity (Wildman–Crippen MR) is 59.1 cm³/mol. The Kier molecular flexibility index (Phi) is 3.33. The first-order valence-corrected chi connectivity index (χ1v) is 4.79. The van der Waals surface area contributed by atoms with Gasteiger partial charge in [0, 0.05) is 19.3 Å². The van der Waals surface area contributed by atoms with E-state index in [1.807, 2.05) is 20.2 Å². The molecule has 0 spiro atoms. The van der Waals surface area contributed by atoms with E-state index < -0.39 is 0 Å². The first kappa shape index (κ1) is 10.8. The molecule has 0 saturated carbocycles. The van der Waals surface area contributed by atoms with Crippen molar-refractivity contribution >= 4 is 5.69 Å². The van der Waals surface area contributed by atoms with Crippen LogP contribution < -0.4 is 9.64 Å². The van der Waals surface area contributed by atoms with E-state index in [0.29, 0.717) is 11.9 Å². The van der Waals surface area contributed by atoms with Crippen molar-refractivity contribution in [1.29, 1.82) is 0 Å². The standard InChI is InChI=1S/C11H18N2O/c1-8(2)13(4)10-6-9(3)7-12-11(10)14-5/h6-8H,1-5H3. The van der Waals surface area contributed by atoms with Gasteiger partial charge < -0.3 is 9.64 Å². The Morgan fingerprint density at radius 1 is 1.43 bits per heavy atom. The highest BCUT2D eigenvalue weighted by Gasteiger charge is 2.11. The molecule has 0 fully saturated rings. The number of ether oxygens (including phenoxy) is 1. The molecule has 1 aromatic heterocycles. The third-order valence-corrected chi connectivity index (χ3v) is 2.32. The number of methoxy groups -OCH3 is 1. The van der Waals surface area contributed by atoms with Gasteiger partial charge in [-0.05, 0) is 32.4 Å². The average molecular weight is 194 g/mol. The van der Waals surface area contributed by atoms with E-state index in [9.17, 15) is 0 Å².